The van der Waals surface area contributed by atoms with Crippen molar-refractivity contribution in [3.8, 4) is 0 Å². The van der Waals surface area contributed by atoms with Crippen LogP contribution in [0.15, 0.2) is 54.6 Å². The molecule has 4 nitrogen and oxygen atoms in total. The van der Waals surface area contributed by atoms with Crippen molar-refractivity contribution < 1.29 is 4.79 Å². The number of carbonyl (C=O) groups is 1. The van der Waals surface area contributed by atoms with E-state index in [2.05, 4.69) is 39.5 Å². The summed E-state index contributed by atoms with van der Waals surface area (Å²) < 4.78 is 0. The average Bonchev–Trinajstić information content (AvgIpc) is 3.38. The molecular weight excluding hydrogens is 406 g/mol. The maximum atomic E-state index is 12.9. The first-order chi connectivity index (χ1) is 16.2. The third kappa shape index (κ3) is 3.85. The number of rotatable bonds is 5. The van der Waals surface area contributed by atoms with E-state index in [0.717, 1.165) is 34.6 Å². The first-order valence-corrected chi connectivity index (χ1v) is 12.7. The Labute approximate surface area is 196 Å². The highest BCUT2D eigenvalue weighted by Crippen LogP contribution is 2.53. The van der Waals surface area contributed by atoms with Crippen molar-refractivity contribution in [3.05, 3.63) is 77.0 Å². The van der Waals surface area contributed by atoms with Gasteiger partial charge in [0, 0.05) is 41.8 Å². The first-order valence-electron chi connectivity index (χ1n) is 12.7. The fourth-order valence-corrected chi connectivity index (χ4v) is 6.61. The molecule has 0 radical (unpaired) electrons. The van der Waals surface area contributed by atoms with Crippen LogP contribution in [0.2, 0.25) is 0 Å². The zero-order valence-electron chi connectivity index (χ0n) is 19.5. The molecular formula is C29H33N3O. The zero-order chi connectivity index (χ0) is 22.4. The van der Waals surface area contributed by atoms with Gasteiger partial charge >= 0.3 is 0 Å². The monoisotopic (exact) mass is 439 g/mol. The van der Waals surface area contributed by atoms with Crippen LogP contribution in [0.1, 0.15) is 77.8 Å². The molecule has 3 aliphatic rings. The second-order valence-corrected chi connectivity index (χ2v) is 10.4. The number of amides is 1. The standard InChI is InChI=1S/C29H33N3O/c1-19-9-14-22-25(7-4-8-26(22)31-19)29(33)30-17-20-10-12-21(13-11-20)18-32-27-15-16-28(32)24-6-3-2-5-23(24)27/h2-9,14,20-21,27-28H,10-13,15-18H2,1H3,(H,30,33)/t20?,21?,27-,28-/m0/s1. The molecule has 3 heterocycles. The molecule has 170 valence electrons. The van der Waals surface area contributed by atoms with E-state index in [1.807, 2.05) is 37.3 Å². The van der Waals surface area contributed by atoms with E-state index < -0.39 is 0 Å². The second kappa shape index (κ2) is 8.57. The van der Waals surface area contributed by atoms with E-state index in [4.69, 9.17) is 0 Å². The molecule has 4 heteroatoms. The van der Waals surface area contributed by atoms with Crippen molar-refractivity contribution in [3.63, 3.8) is 0 Å². The Bertz CT molecular complexity index is 1150. The number of nitrogens with zero attached hydrogens (tertiary/aromatic N) is 2. The zero-order valence-corrected chi connectivity index (χ0v) is 19.5. The van der Waals surface area contributed by atoms with Gasteiger partial charge < -0.3 is 5.32 Å². The van der Waals surface area contributed by atoms with Gasteiger partial charge in [-0.1, -0.05) is 36.4 Å². The molecule has 0 unspecified atom stereocenters. The molecule has 1 saturated heterocycles. The van der Waals surface area contributed by atoms with Gasteiger partial charge in [0.25, 0.3) is 5.91 Å². The van der Waals surface area contributed by atoms with Gasteiger partial charge in [-0.3, -0.25) is 14.7 Å². The van der Waals surface area contributed by atoms with Crippen LogP contribution < -0.4 is 5.32 Å². The van der Waals surface area contributed by atoms with Gasteiger partial charge in [-0.15, -0.1) is 0 Å². The molecule has 2 fully saturated rings. The quantitative estimate of drug-likeness (QED) is 0.533. The van der Waals surface area contributed by atoms with Crippen LogP contribution in [0.5, 0.6) is 0 Å². The lowest BCUT2D eigenvalue weighted by Crippen LogP contribution is -2.34. The third-order valence-corrected chi connectivity index (χ3v) is 8.33. The lowest BCUT2D eigenvalue weighted by molar-refractivity contribution is 0.0938. The molecule has 2 atom stereocenters. The Morgan fingerprint density at radius 1 is 0.879 bits per heavy atom. The van der Waals surface area contributed by atoms with Crippen molar-refractivity contribution >= 4 is 16.8 Å². The predicted molar refractivity (Wildman–Crippen MR) is 132 cm³/mol. The summed E-state index contributed by atoms with van der Waals surface area (Å²) in [4.78, 5) is 20.3. The maximum absolute atomic E-state index is 12.9. The molecule has 1 saturated carbocycles. The van der Waals surface area contributed by atoms with Crippen LogP contribution in [-0.2, 0) is 0 Å². The summed E-state index contributed by atoms with van der Waals surface area (Å²) in [5.74, 6) is 1.41. The number of hydrogen-bond acceptors (Lipinski definition) is 3. The summed E-state index contributed by atoms with van der Waals surface area (Å²) in [6.07, 6.45) is 7.65. The highest BCUT2D eigenvalue weighted by Gasteiger charge is 2.44. The number of nitrogens with one attached hydrogen (secondary N) is 1. The van der Waals surface area contributed by atoms with Crippen LogP contribution in [0.4, 0.5) is 0 Å². The second-order valence-electron chi connectivity index (χ2n) is 10.4. The molecule has 6 rings (SSSR count). The van der Waals surface area contributed by atoms with Crippen LogP contribution in [-0.4, -0.2) is 28.9 Å². The van der Waals surface area contributed by atoms with Crippen molar-refractivity contribution in [1.82, 2.24) is 15.2 Å². The van der Waals surface area contributed by atoms with Crippen molar-refractivity contribution in [1.29, 1.82) is 0 Å². The molecule has 1 N–H and O–H groups in total. The molecule has 1 aliphatic carbocycles. The number of fused-ring (bicyclic) bond motifs is 6. The van der Waals surface area contributed by atoms with Crippen LogP contribution in [0, 0.1) is 18.8 Å². The molecule has 33 heavy (non-hydrogen) atoms. The van der Waals surface area contributed by atoms with E-state index >= 15 is 0 Å². The number of hydrogen-bond donors (Lipinski definition) is 1. The van der Waals surface area contributed by atoms with Crippen LogP contribution in [0.3, 0.4) is 0 Å². The number of pyridine rings is 1. The maximum Gasteiger partial charge on any atom is 0.251 e. The van der Waals surface area contributed by atoms with Gasteiger partial charge in [0.1, 0.15) is 0 Å². The molecule has 2 aliphatic heterocycles. The summed E-state index contributed by atoms with van der Waals surface area (Å²) in [5.41, 5.74) is 5.77. The van der Waals surface area contributed by atoms with E-state index in [1.54, 1.807) is 11.1 Å². The number of aryl methyl sites for hydroxylation is 1. The smallest absolute Gasteiger partial charge is 0.251 e. The Morgan fingerprint density at radius 2 is 1.58 bits per heavy atom. The Balaban J connectivity index is 1.02. The van der Waals surface area contributed by atoms with Crippen LogP contribution >= 0.6 is 0 Å². The van der Waals surface area contributed by atoms with Crippen LogP contribution in [0.25, 0.3) is 10.9 Å². The lowest BCUT2D eigenvalue weighted by Gasteiger charge is -2.33. The fourth-order valence-electron chi connectivity index (χ4n) is 6.61. The van der Waals surface area contributed by atoms with Gasteiger partial charge in [-0.25, -0.2) is 0 Å². The minimum absolute atomic E-state index is 0.0276. The minimum atomic E-state index is 0.0276. The molecule has 1 amide bonds. The van der Waals surface area contributed by atoms with E-state index in [1.165, 1.54) is 45.1 Å². The SMILES string of the molecule is Cc1ccc2c(C(=O)NCC3CCC(CN4[C@H]5CC[C@H]4c4ccccc45)CC3)cccc2n1. The molecule has 2 bridgehead atoms. The van der Waals surface area contributed by atoms with E-state index in [-0.39, 0.29) is 5.91 Å². The van der Waals surface area contributed by atoms with Crippen molar-refractivity contribution in [2.24, 2.45) is 11.8 Å². The molecule has 2 aromatic carbocycles. The summed E-state index contributed by atoms with van der Waals surface area (Å²) in [5, 5.41) is 4.16. The largest absolute Gasteiger partial charge is 0.352 e. The van der Waals surface area contributed by atoms with Gasteiger partial charge in [-0.05, 0) is 86.6 Å². The summed E-state index contributed by atoms with van der Waals surface area (Å²) in [6, 6.07) is 20.2. The fraction of sp³-hybridized carbons (Fsp3) is 0.448. The summed E-state index contributed by atoms with van der Waals surface area (Å²) in [6.45, 7) is 4.00. The Kier molecular flexibility index (Phi) is 5.41. The molecule has 0 spiro atoms. The Hall–Kier alpha value is -2.72. The highest BCUT2D eigenvalue weighted by molar-refractivity contribution is 6.06. The normalized spacial score (nSPS) is 26.5. The highest BCUT2D eigenvalue weighted by atomic mass is 16.1. The Morgan fingerprint density at radius 3 is 2.30 bits per heavy atom. The third-order valence-electron chi connectivity index (χ3n) is 8.33. The van der Waals surface area contributed by atoms with Gasteiger partial charge in [0.05, 0.1) is 5.52 Å². The van der Waals surface area contributed by atoms with E-state index in [9.17, 15) is 4.79 Å². The summed E-state index contributed by atoms with van der Waals surface area (Å²) >= 11 is 0. The topological polar surface area (TPSA) is 45.2 Å². The van der Waals surface area contributed by atoms with E-state index in [0.29, 0.717) is 18.0 Å². The van der Waals surface area contributed by atoms with Crippen molar-refractivity contribution in [2.75, 3.05) is 13.1 Å². The van der Waals surface area contributed by atoms with Gasteiger partial charge in [0.15, 0.2) is 0 Å². The number of benzene rings is 2. The molecule has 1 aromatic heterocycles. The summed E-state index contributed by atoms with van der Waals surface area (Å²) in [7, 11) is 0. The molecule has 3 aromatic rings. The number of aromatic nitrogens is 1. The first kappa shape index (κ1) is 20.9. The average molecular weight is 440 g/mol. The predicted octanol–water partition coefficient (Wildman–Crippen LogP) is 5.97. The van der Waals surface area contributed by atoms with Gasteiger partial charge in [-0.2, -0.15) is 0 Å². The minimum Gasteiger partial charge on any atom is -0.352 e. The number of carbonyl (C=O) groups excluding carboxylic acids is 1. The lowest BCUT2D eigenvalue weighted by atomic mass is 9.81. The van der Waals surface area contributed by atoms with Gasteiger partial charge in [0.2, 0.25) is 0 Å². The van der Waals surface area contributed by atoms with Crippen molar-refractivity contribution in [2.45, 2.75) is 57.5 Å².